The predicted octanol–water partition coefficient (Wildman–Crippen LogP) is 3.10. The van der Waals surface area contributed by atoms with Crippen molar-refractivity contribution in [3.63, 3.8) is 0 Å². The van der Waals surface area contributed by atoms with Gasteiger partial charge < -0.3 is 20.3 Å². The van der Waals surface area contributed by atoms with Crippen LogP contribution in [0.5, 0.6) is 0 Å². The summed E-state index contributed by atoms with van der Waals surface area (Å²) in [5, 5.41) is 5.92. The molecule has 1 saturated heterocycles. The molecule has 0 radical (unpaired) electrons. The first-order valence-electron chi connectivity index (χ1n) is 9.99. The SMILES string of the molecule is CCC(CC)C(=O)N1CCC(NC(=O)NC[C@H](OC)c2ccccc2)CC1. The first kappa shape index (κ1) is 21.2. The van der Waals surface area contributed by atoms with Gasteiger partial charge in [-0.2, -0.15) is 0 Å². The average Bonchev–Trinajstić information content (AvgIpc) is 2.70. The molecule has 0 aromatic heterocycles. The molecular weight excluding hydrogens is 342 g/mol. The summed E-state index contributed by atoms with van der Waals surface area (Å²) < 4.78 is 5.47. The van der Waals surface area contributed by atoms with Crippen LogP contribution in [0.1, 0.15) is 51.2 Å². The van der Waals surface area contributed by atoms with Gasteiger partial charge in [0.25, 0.3) is 0 Å². The Labute approximate surface area is 162 Å². The number of piperidine rings is 1. The number of ether oxygens (including phenoxy) is 1. The number of carbonyl (C=O) groups excluding carboxylic acids is 2. The van der Waals surface area contributed by atoms with Crippen molar-refractivity contribution < 1.29 is 14.3 Å². The molecule has 1 atom stereocenters. The number of urea groups is 1. The summed E-state index contributed by atoms with van der Waals surface area (Å²) in [5.41, 5.74) is 1.04. The number of amides is 3. The second kappa shape index (κ2) is 10.9. The molecule has 3 amide bonds. The van der Waals surface area contributed by atoms with Crippen molar-refractivity contribution in [3.05, 3.63) is 35.9 Å². The predicted molar refractivity (Wildman–Crippen MR) is 106 cm³/mol. The van der Waals surface area contributed by atoms with Gasteiger partial charge in [0.05, 0.1) is 6.10 Å². The molecule has 1 fully saturated rings. The fraction of sp³-hybridized carbons (Fsp3) is 0.619. The first-order valence-corrected chi connectivity index (χ1v) is 9.99. The third kappa shape index (κ3) is 6.24. The van der Waals surface area contributed by atoms with E-state index in [1.165, 1.54) is 0 Å². The lowest BCUT2D eigenvalue weighted by Gasteiger charge is -2.34. The van der Waals surface area contributed by atoms with E-state index in [0.29, 0.717) is 19.6 Å². The van der Waals surface area contributed by atoms with E-state index < -0.39 is 0 Å². The van der Waals surface area contributed by atoms with Crippen LogP contribution in [0.2, 0.25) is 0 Å². The molecule has 0 aliphatic carbocycles. The maximum absolute atomic E-state index is 12.4. The van der Waals surface area contributed by atoms with Gasteiger partial charge in [0, 0.05) is 38.7 Å². The Morgan fingerprint density at radius 2 is 1.78 bits per heavy atom. The van der Waals surface area contributed by atoms with Crippen LogP contribution in [0, 0.1) is 5.92 Å². The van der Waals surface area contributed by atoms with E-state index in [1.54, 1.807) is 7.11 Å². The number of nitrogens with one attached hydrogen (secondary N) is 2. The molecule has 6 nitrogen and oxygen atoms in total. The van der Waals surface area contributed by atoms with Crippen LogP contribution in [0.4, 0.5) is 4.79 Å². The molecule has 1 heterocycles. The van der Waals surface area contributed by atoms with E-state index in [1.807, 2.05) is 35.2 Å². The van der Waals surface area contributed by atoms with Gasteiger partial charge >= 0.3 is 6.03 Å². The highest BCUT2D eigenvalue weighted by atomic mass is 16.5. The third-order valence-electron chi connectivity index (χ3n) is 5.38. The maximum atomic E-state index is 12.4. The van der Waals surface area contributed by atoms with Gasteiger partial charge in [-0.25, -0.2) is 4.79 Å². The fourth-order valence-corrected chi connectivity index (χ4v) is 3.57. The van der Waals surface area contributed by atoms with Gasteiger partial charge in [0.1, 0.15) is 0 Å². The first-order chi connectivity index (χ1) is 13.1. The summed E-state index contributed by atoms with van der Waals surface area (Å²) >= 11 is 0. The van der Waals surface area contributed by atoms with E-state index in [4.69, 9.17) is 4.74 Å². The lowest BCUT2D eigenvalue weighted by Crippen LogP contribution is -2.50. The summed E-state index contributed by atoms with van der Waals surface area (Å²) in [7, 11) is 1.64. The van der Waals surface area contributed by atoms with Crippen molar-refractivity contribution in [2.24, 2.45) is 5.92 Å². The minimum atomic E-state index is -0.183. The van der Waals surface area contributed by atoms with Gasteiger partial charge in [-0.15, -0.1) is 0 Å². The normalized spacial score (nSPS) is 16.2. The topological polar surface area (TPSA) is 70.7 Å². The van der Waals surface area contributed by atoms with Crippen molar-refractivity contribution in [3.8, 4) is 0 Å². The van der Waals surface area contributed by atoms with Crippen LogP contribution in [0.3, 0.4) is 0 Å². The van der Waals surface area contributed by atoms with Gasteiger partial charge in [-0.05, 0) is 31.2 Å². The van der Waals surface area contributed by atoms with Crippen LogP contribution in [0.15, 0.2) is 30.3 Å². The number of likely N-dealkylation sites (tertiary alicyclic amines) is 1. The molecule has 1 aromatic carbocycles. The molecule has 1 aromatic rings. The largest absolute Gasteiger partial charge is 0.375 e. The van der Waals surface area contributed by atoms with Gasteiger partial charge in [-0.1, -0.05) is 44.2 Å². The van der Waals surface area contributed by atoms with Gasteiger partial charge in [0.2, 0.25) is 5.91 Å². The number of benzene rings is 1. The summed E-state index contributed by atoms with van der Waals surface area (Å²) in [6.45, 7) is 5.97. The Kier molecular flexibility index (Phi) is 8.58. The lowest BCUT2D eigenvalue weighted by molar-refractivity contribution is -0.136. The number of methoxy groups -OCH3 is 1. The van der Waals surface area contributed by atoms with Crippen molar-refractivity contribution in [2.75, 3.05) is 26.7 Å². The molecule has 0 unspecified atom stereocenters. The highest BCUT2D eigenvalue weighted by Gasteiger charge is 2.27. The minimum Gasteiger partial charge on any atom is -0.375 e. The molecule has 150 valence electrons. The van der Waals surface area contributed by atoms with Crippen LogP contribution in [0.25, 0.3) is 0 Å². The standard InChI is InChI=1S/C21H33N3O3/c1-4-16(5-2)20(25)24-13-11-18(12-14-24)23-21(26)22-15-19(27-3)17-9-7-6-8-10-17/h6-10,16,18-19H,4-5,11-15H2,1-3H3,(H2,22,23,26)/t19-/m0/s1. The molecule has 1 aliphatic heterocycles. The Balaban J connectivity index is 1.73. The summed E-state index contributed by atoms with van der Waals surface area (Å²) in [6, 6.07) is 9.76. The molecule has 2 N–H and O–H groups in total. The Hall–Kier alpha value is -2.08. The molecule has 1 aliphatic rings. The second-order valence-corrected chi connectivity index (χ2v) is 7.10. The highest BCUT2D eigenvalue weighted by molar-refractivity contribution is 5.79. The molecule has 0 spiro atoms. The van der Waals surface area contributed by atoms with E-state index >= 15 is 0 Å². The lowest BCUT2D eigenvalue weighted by atomic mass is 9.98. The summed E-state index contributed by atoms with van der Waals surface area (Å²) in [5.74, 6) is 0.385. The smallest absolute Gasteiger partial charge is 0.315 e. The number of rotatable bonds is 8. The Morgan fingerprint density at radius 1 is 1.15 bits per heavy atom. The van der Waals surface area contributed by atoms with Crippen LogP contribution in [-0.4, -0.2) is 49.6 Å². The molecular formula is C21H33N3O3. The Bertz CT molecular complexity index is 582. The molecule has 0 saturated carbocycles. The van der Waals surface area contributed by atoms with E-state index in [-0.39, 0.29) is 30.0 Å². The number of hydrogen-bond acceptors (Lipinski definition) is 3. The van der Waals surface area contributed by atoms with Crippen molar-refractivity contribution >= 4 is 11.9 Å². The van der Waals surface area contributed by atoms with E-state index in [2.05, 4.69) is 24.5 Å². The van der Waals surface area contributed by atoms with Crippen molar-refractivity contribution in [1.82, 2.24) is 15.5 Å². The molecule has 2 rings (SSSR count). The van der Waals surface area contributed by atoms with E-state index in [9.17, 15) is 9.59 Å². The Morgan fingerprint density at radius 3 is 2.33 bits per heavy atom. The van der Waals surface area contributed by atoms with Crippen LogP contribution >= 0.6 is 0 Å². The van der Waals surface area contributed by atoms with Crippen LogP contribution in [-0.2, 0) is 9.53 Å². The maximum Gasteiger partial charge on any atom is 0.315 e. The minimum absolute atomic E-state index is 0.105. The monoisotopic (exact) mass is 375 g/mol. The van der Waals surface area contributed by atoms with E-state index in [0.717, 1.165) is 31.2 Å². The fourth-order valence-electron chi connectivity index (χ4n) is 3.57. The van der Waals surface area contributed by atoms with Crippen molar-refractivity contribution in [1.29, 1.82) is 0 Å². The number of nitrogens with zero attached hydrogens (tertiary/aromatic N) is 1. The van der Waals surface area contributed by atoms with Crippen LogP contribution < -0.4 is 10.6 Å². The van der Waals surface area contributed by atoms with Gasteiger partial charge in [0.15, 0.2) is 0 Å². The summed E-state index contributed by atoms with van der Waals surface area (Å²) in [4.78, 5) is 26.6. The zero-order chi connectivity index (χ0) is 19.6. The van der Waals surface area contributed by atoms with Crippen molar-refractivity contribution in [2.45, 2.75) is 51.7 Å². The summed E-state index contributed by atoms with van der Waals surface area (Å²) in [6.07, 6.45) is 3.20. The van der Waals surface area contributed by atoms with Gasteiger partial charge in [-0.3, -0.25) is 4.79 Å². The third-order valence-corrected chi connectivity index (χ3v) is 5.38. The number of carbonyl (C=O) groups is 2. The quantitative estimate of drug-likeness (QED) is 0.733. The number of hydrogen-bond donors (Lipinski definition) is 2. The zero-order valence-corrected chi connectivity index (χ0v) is 16.7. The molecule has 0 bridgehead atoms. The second-order valence-electron chi connectivity index (χ2n) is 7.10. The molecule has 6 heteroatoms. The zero-order valence-electron chi connectivity index (χ0n) is 16.7. The average molecular weight is 376 g/mol. The highest BCUT2D eigenvalue weighted by Crippen LogP contribution is 2.18. The molecule has 27 heavy (non-hydrogen) atoms.